The van der Waals surface area contributed by atoms with Crippen molar-refractivity contribution in [2.45, 2.75) is 228 Å². The Kier molecular flexibility index (Phi) is 43.1. The highest BCUT2D eigenvalue weighted by atomic mass is 79.9. The summed E-state index contributed by atoms with van der Waals surface area (Å²) in [6, 6.07) is 0. The molecule has 4 N–H and O–H groups in total. The summed E-state index contributed by atoms with van der Waals surface area (Å²) in [6.45, 7) is 17.1. The first-order valence-corrected chi connectivity index (χ1v) is 18.9. The van der Waals surface area contributed by atoms with Crippen molar-refractivity contribution in [2.24, 2.45) is 28.4 Å². The highest BCUT2D eigenvalue weighted by Crippen LogP contribution is 2.61. The summed E-state index contributed by atoms with van der Waals surface area (Å²) in [4.78, 5) is 0. The molecule has 0 aromatic rings. The molecule has 0 aliphatic rings. The molecule has 1 atom stereocenters. The second-order valence-corrected chi connectivity index (χ2v) is 13.4. The molecule has 0 amide bonds. The van der Waals surface area contributed by atoms with E-state index in [2.05, 4.69) is 60.2 Å². The Bertz CT molecular complexity index is 463. The molecule has 42 heavy (non-hydrogen) atoms. The summed E-state index contributed by atoms with van der Waals surface area (Å²) in [5.41, 5.74) is 1.15. The lowest BCUT2D eigenvalue weighted by molar-refractivity contribution is -0.0707. The average Bonchev–Trinajstić information content (AvgIpc) is 2.95. The minimum Gasteiger partial charge on any atom is -0.274 e. The van der Waals surface area contributed by atoms with Gasteiger partial charge in [-0.15, -0.1) is 34.0 Å². The van der Waals surface area contributed by atoms with E-state index in [-0.39, 0.29) is 34.0 Å². The molecule has 0 aliphatic carbocycles. The van der Waals surface area contributed by atoms with Crippen LogP contribution >= 0.6 is 34.0 Å². The van der Waals surface area contributed by atoms with Crippen LogP contribution in [-0.4, -0.2) is 0 Å². The molecule has 0 radical (unpaired) electrons. The van der Waals surface area contributed by atoms with E-state index in [1.807, 2.05) is 0 Å². The van der Waals surface area contributed by atoms with Crippen molar-refractivity contribution in [3.05, 3.63) is 0 Å². The van der Waals surface area contributed by atoms with Gasteiger partial charge >= 0.3 is 0 Å². The predicted molar refractivity (Wildman–Crippen MR) is 206 cm³/mol. The van der Waals surface area contributed by atoms with E-state index in [9.17, 15) is 0 Å². The topological polar surface area (TPSA) is 52.0 Å². The van der Waals surface area contributed by atoms with Crippen LogP contribution in [0.4, 0.5) is 0 Å². The van der Waals surface area contributed by atoms with E-state index in [1.54, 1.807) is 0 Å². The number of hydrogen-bond donors (Lipinski definition) is 2. The first kappa shape index (κ1) is 49.8. The molecule has 0 rings (SSSR count). The van der Waals surface area contributed by atoms with Crippen LogP contribution in [0.15, 0.2) is 0 Å². The van der Waals surface area contributed by atoms with Crippen LogP contribution in [0.1, 0.15) is 228 Å². The largest absolute Gasteiger partial charge is 0.274 e. The van der Waals surface area contributed by atoms with E-state index < -0.39 is 0 Å². The van der Waals surface area contributed by atoms with Crippen molar-refractivity contribution < 1.29 is 0 Å². The lowest BCUT2D eigenvalue weighted by Crippen LogP contribution is -2.47. The Hall–Kier alpha value is 0.880. The Morgan fingerprint density at radius 1 is 0.357 bits per heavy atom. The van der Waals surface area contributed by atoms with Crippen LogP contribution < -0.4 is 11.7 Å². The quantitative estimate of drug-likeness (QED) is 0.0440. The lowest BCUT2D eigenvalue weighted by Gasteiger charge is -2.57. The number of hydrazine groups is 1. The fraction of sp³-hybridized carbons (Fsp3) is 1.00. The molecule has 0 bridgehead atoms. The maximum absolute atomic E-state index is 4.00. The van der Waals surface area contributed by atoms with Crippen molar-refractivity contribution in [3.8, 4) is 0 Å². The van der Waals surface area contributed by atoms with Gasteiger partial charge in [0.15, 0.2) is 0 Å². The van der Waals surface area contributed by atoms with Crippen molar-refractivity contribution in [2.75, 3.05) is 0 Å². The summed E-state index contributed by atoms with van der Waals surface area (Å²) < 4.78 is 0. The highest BCUT2D eigenvalue weighted by Gasteiger charge is 2.51. The zero-order valence-corrected chi connectivity index (χ0v) is 33.8. The van der Waals surface area contributed by atoms with Gasteiger partial charge in [-0.2, -0.15) is 0 Å². The predicted octanol–water partition coefficient (Wildman–Crippen LogP) is 14.6. The highest BCUT2D eigenvalue weighted by molar-refractivity contribution is 8.93. The summed E-state index contributed by atoms with van der Waals surface area (Å²) in [5, 5.41) is 0. The molecule has 0 heterocycles. The minimum absolute atomic E-state index is 0. The van der Waals surface area contributed by atoms with Gasteiger partial charge in [0.25, 0.3) is 0 Å². The smallest absolute Gasteiger partial charge is 0.0213 e. The molecular formula is C38H84Br2N2. The van der Waals surface area contributed by atoms with Crippen molar-refractivity contribution in [1.82, 2.24) is 0 Å². The van der Waals surface area contributed by atoms with Gasteiger partial charge in [0.1, 0.15) is 0 Å². The van der Waals surface area contributed by atoms with Crippen LogP contribution in [0.5, 0.6) is 0 Å². The second-order valence-electron chi connectivity index (χ2n) is 13.4. The van der Waals surface area contributed by atoms with Gasteiger partial charge in [-0.05, 0) is 55.3 Å². The van der Waals surface area contributed by atoms with Crippen molar-refractivity contribution in [3.63, 3.8) is 0 Å². The number of hydrogen-bond acceptors (Lipinski definition) is 2. The molecule has 0 saturated heterocycles. The number of unbranched alkanes of at least 4 members (excludes halogenated alkanes) is 14. The van der Waals surface area contributed by atoms with Gasteiger partial charge in [-0.1, -0.05) is 190 Å². The Labute approximate surface area is 289 Å². The third-order valence-electron chi connectivity index (χ3n) is 10.2. The Balaban J connectivity index is -0.00000176. The summed E-state index contributed by atoms with van der Waals surface area (Å²) in [5.74, 6) is 8.94. The molecule has 0 aromatic carbocycles. The molecule has 0 aliphatic heterocycles. The van der Waals surface area contributed by atoms with Gasteiger partial charge in [-0.3, -0.25) is 11.7 Å². The third kappa shape index (κ3) is 20.8. The number of nitrogens with two attached hydrogens (primary N) is 2. The minimum atomic E-state index is 0. The van der Waals surface area contributed by atoms with Gasteiger partial charge in [-0.25, -0.2) is 0 Å². The van der Waals surface area contributed by atoms with Crippen LogP contribution in [0.3, 0.4) is 0 Å². The van der Waals surface area contributed by atoms with Crippen molar-refractivity contribution >= 4 is 34.0 Å². The van der Waals surface area contributed by atoms with Gasteiger partial charge < -0.3 is 0 Å². The molecule has 0 fully saturated rings. The van der Waals surface area contributed by atoms with Crippen LogP contribution in [0, 0.1) is 16.7 Å². The average molecular weight is 729 g/mol. The van der Waals surface area contributed by atoms with Crippen LogP contribution in [0.25, 0.3) is 0 Å². The van der Waals surface area contributed by atoms with Crippen molar-refractivity contribution in [1.29, 1.82) is 0 Å². The summed E-state index contributed by atoms with van der Waals surface area (Å²) in [6.07, 6.45) is 40.6. The standard InChI is InChI=1S/C38H78.2BrH.H4N2/c1-8-15-16-17-18-19-20-21-22-23-24-25-26-27-28-30-36(29-9-2)38(34-13-6,35-14-7)37(31-10-3,32-11-4)33-12-5;;;1-2/h36H,8-35H2,1-7H3;2*1H;1-2H2. The molecule has 4 heteroatoms. The molecule has 1 unspecified atom stereocenters. The van der Waals surface area contributed by atoms with Crippen LogP contribution in [-0.2, 0) is 0 Å². The maximum atomic E-state index is 4.00. The van der Waals surface area contributed by atoms with Gasteiger partial charge in [0.05, 0.1) is 0 Å². The van der Waals surface area contributed by atoms with Gasteiger partial charge in [0, 0.05) is 0 Å². The number of halogens is 2. The molecule has 0 aromatic heterocycles. The zero-order valence-electron chi connectivity index (χ0n) is 30.3. The third-order valence-corrected chi connectivity index (χ3v) is 10.2. The number of rotatable bonds is 30. The normalized spacial score (nSPS) is 12.2. The fourth-order valence-corrected chi connectivity index (χ4v) is 8.75. The Morgan fingerprint density at radius 2 is 0.667 bits per heavy atom. The monoisotopic (exact) mass is 727 g/mol. The molecule has 260 valence electrons. The Morgan fingerprint density at radius 3 is 0.952 bits per heavy atom. The SMILES string of the molecule is Br.Br.CCCCCCCCCCCCCCCCCC(CCC)C(CCC)(CCC)C(CCC)(CCC)CCC.NN. The first-order valence-electron chi connectivity index (χ1n) is 18.9. The lowest BCUT2D eigenvalue weighted by atomic mass is 9.48. The second kappa shape index (κ2) is 36.3. The fourth-order valence-electron chi connectivity index (χ4n) is 8.75. The van der Waals surface area contributed by atoms with E-state index >= 15 is 0 Å². The maximum Gasteiger partial charge on any atom is -0.0213 e. The van der Waals surface area contributed by atoms with E-state index in [1.165, 1.54) is 180 Å². The molecule has 0 spiro atoms. The molecule has 2 nitrogen and oxygen atoms in total. The zero-order chi connectivity index (χ0) is 30.4. The summed E-state index contributed by atoms with van der Waals surface area (Å²) in [7, 11) is 0. The van der Waals surface area contributed by atoms with E-state index in [0.29, 0.717) is 10.8 Å². The summed E-state index contributed by atoms with van der Waals surface area (Å²) >= 11 is 0. The van der Waals surface area contributed by atoms with Crippen LogP contribution in [0.2, 0.25) is 0 Å². The van der Waals surface area contributed by atoms with Gasteiger partial charge in [0.2, 0.25) is 0 Å². The van der Waals surface area contributed by atoms with E-state index in [4.69, 9.17) is 0 Å². The molecular weight excluding hydrogens is 644 g/mol. The molecule has 0 saturated carbocycles. The van der Waals surface area contributed by atoms with E-state index in [0.717, 1.165) is 5.92 Å². The first-order chi connectivity index (χ1) is 19.6.